The summed E-state index contributed by atoms with van der Waals surface area (Å²) in [5.74, 6) is 1.21. The first-order chi connectivity index (χ1) is 10.2. The summed E-state index contributed by atoms with van der Waals surface area (Å²) in [6, 6.07) is 18.8. The van der Waals surface area contributed by atoms with Crippen LogP contribution in [0, 0.1) is 6.92 Å². The molecule has 0 aliphatic heterocycles. The molecular formula is C19H19NO. The monoisotopic (exact) mass is 277 g/mol. The molecule has 0 N–H and O–H groups in total. The number of hydrogen-bond donors (Lipinski definition) is 0. The number of methoxy groups -OCH3 is 1. The molecule has 2 heteroatoms. The van der Waals surface area contributed by atoms with Gasteiger partial charge in [-0.3, -0.25) is 4.98 Å². The summed E-state index contributed by atoms with van der Waals surface area (Å²) >= 11 is 0. The molecule has 1 heterocycles. The Bertz CT molecular complexity index is 762. The molecule has 2 nitrogen and oxygen atoms in total. The zero-order valence-electron chi connectivity index (χ0n) is 12.6. The third-order valence-electron chi connectivity index (χ3n) is 3.96. The van der Waals surface area contributed by atoms with Gasteiger partial charge < -0.3 is 4.74 Å². The number of pyridine rings is 1. The summed E-state index contributed by atoms with van der Waals surface area (Å²) in [5.41, 5.74) is 4.73. The van der Waals surface area contributed by atoms with Crippen molar-refractivity contribution >= 4 is 10.9 Å². The fraction of sp³-hybridized carbons (Fsp3) is 0.211. The standard InChI is InChI=1S/C19H19NO/c1-13-12-18(17-6-4-5-7-19(17)20-13)14(2)15-8-10-16(21-3)11-9-15/h4-12,14H,1-3H3. The zero-order valence-corrected chi connectivity index (χ0v) is 12.6. The summed E-state index contributed by atoms with van der Waals surface area (Å²) in [6.45, 7) is 4.29. The van der Waals surface area contributed by atoms with Gasteiger partial charge in [0, 0.05) is 17.0 Å². The number of para-hydroxylation sites is 1. The quantitative estimate of drug-likeness (QED) is 0.692. The molecule has 0 saturated heterocycles. The van der Waals surface area contributed by atoms with E-state index in [0.29, 0.717) is 5.92 Å². The number of rotatable bonds is 3. The average molecular weight is 277 g/mol. The lowest BCUT2D eigenvalue weighted by Crippen LogP contribution is -1.99. The molecule has 3 aromatic rings. The molecule has 21 heavy (non-hydrogen) atoms. The molecule has 0 saturated carbocycles. The molecule has 0 aliphatic rings. The molecular weight excluding hydrogens is 258 g/mol. The Balaban J connectivity index is 2.09. The van der Waals surface area contributed by atoms with Crippen LogP contribution in [0.4, 0.5) is 0 Å². The summed E-state index contributed by atoms with van der Waals surface area (Å²) in [6.07, 6.45) is 0. The van der Waals surface area contributed by atoms with Crippen molar-refractivity contribution in [2.45, 2.75) is 19.8 Å². The molecule has 106 valence electrons. The van der Waals surface area contributed by atoms with Gasteiger partial charge in [-0.05, 0) is 42.3 Å². The molecule has 0 amide bonds. The van der Waals surface area contributed by atoms with Crippen molar-refractivity contribution in [1.82, 2.24) is 4.98 Å². The second-order valence-corrected chi connectivity index (χ2v) is 5.36. The molecule has 1 atom stereocenters. The summed E-state index contributed by atoms with van der Waals surface area (Å²) < 4.78 is 5.23. The first kappa shape index (κ1) is 13.6. The van der Waals surface area contributed by atoms with Crippen molar-refractivity contribution in [3.63, 3.8) is 0 Å². The Morgan fingerprint density at radius 3 is 2.43 bits per heavy atom. The minimum Gasteiger partial charge on any atom is -0.497 e. The molecule has 0 aliphatic carbocycles. The maximum absolute atomic E-state index is 5.23. The largest absolute Gasteiger partial charge is 0.497 e. The van der Waals surface area contributed by atoms with Gasteiger partial charge in [0.1, 0.15) is 5.75 Å². The summed E-state index contributed by atoms with van der Waals surface area (Å²) in [7, 11) is 1.69. The fourth-order valence-electron chi connectivity index (χ4n) is 2.77. The Morgan fingerprint density at radius 2 is 1.71 bits per heavy atom. The lowest BCUT2D eigenvalue weighted by molar-refractivity contribution is 0.414. The number of fused-ring (bicyclic) bond motifs is 1. The van der Waals surface area contributed by atoms with E-state index in [-0.39, 0.29) is 0 Å². The molecule has 0 fully saturated rings. The van der Waals surface area contributed by atoms with Crippen LogP contribution in [-0.4, -0.2) is 12.1 Å². The van der Waals surface area contributed by atoms with Gasteiger partial charge >= 0.3 is 0 Å². The predicted octanol–water partition coefficient (Wildman–Crippen LogP) is 4.70. The van der Waals surface area contributed by atoms with E-state index in [0.717, 1.165) is 17.0 Å². The topological polar surface area (TPSA) is 22.1 Å². The SMILES string of the molecule is COc1ccc(C(C)c2cc(C)nc3ccccc23)cc1. The third-order valence-corrected chi connectivity index (χ3v) is 3.96. The summed E-state index contributed by atoms with van der Waals surface area (Å²) in [4.78, 5) is 4.62. The molecule has 0 bridgehead atoms. The smallest absolute Gasteiger partial charge is 0.118 e. The van der Waals surface area contributed by atoms with Crippen molar-refractivity contribution in [3.05, 3.63) is 71.4 Å². The normalized spacial score (nSPS) is 12.3. The van der Waals surface area contributed by atoms with Crippen LogP contribution in [0.1, 0.15) is 29.7 Å². The number of aryl methyl sites for hydroxylation is 1. The highest BCUT2D eigenvalue weighted by molar-refractivity contribution is 5.83. The van der Waals surface area contributed by atoms with E-state index < -0.39 is 0 Å². The number of ether oxygens (including phenoxy) is 1. The van der Waals surface area contributed by atoms with Gasteiger partial charge in [0.05, 0.1) is 12.6 Å². The van der Waals surface area contributed by atoms with Gasteiger partial charge in [-0.15, -0.1) is 0 Å². The van der Waals surface area contributed by atoms with Crippen molar-refractivity contribution < 1.29 is 4.74 Å². The van der Waals surface area contributed by atoms with Gasteiger partial charge in [-0.1, -0.05) is 37.3 Å². The minimum absolute atomic E-state index is 0.322. The number of benzene rings is 2. The molecule has 1 aromatic heterocycles. The number of hydrogen-bond acceptors (Lipinski definition) is 2. The van der Waals surface area contributed by atoms with Crippen molar-refractivity contribution in [2.75, 3.05) is 7.11 Å². The van der Waals surface area contributed by atoms with Crippen LogP contribution in [-0.2, 0) is 0 Å². The van der Waals surface area contributed by atoms with Gasteiger partial charge in [0.25, 0.3) is 0 Å². The second kappa shape index (κ2) is 5.57. The van der Waals surface area contributed by atoms with Crippen molar-refractivity contribution in [1.29, 1.82) is 0 Å². The van der Waals surface area contributed by atoms with Crippen LogP contribution in [0.3, 0.4) is 0 Å². The highest BCUT2D eigenvalue weighted by Gasteiger charge is 2.13. The third kappa shape index (κ3) is 2.62. The molecule has 1 unspecified atom stereocenters. The van der Waals surface area contributed by atoms with Crippen LogP contribution in [0.5, 0.6) is 5.75 Å². The van der Waals surface area contributed by atoms with Crippen LogP contribution in [0.25, 0.3) is 10.9 Å². The molecule has 2 aromatic carbocycles. The van der Waals surface area contributed by atoms with E-state index in [1.54, 1.807) is 7.11 Å². The Morgan fingerprint density at radius 1 is 1.00 bits per heavy atom. The van der Waals surface area contributed by atoms with Crippen LogP contribution < -0.4 is 4.74 Å². The maximum atomic E-state index is 5.23. The van der Waals surface area contributed by atoms with Crippen LogP contribution >= 0.6 is 0 Å². The molecule has 3 rings (SSSR count). The lowest BCUT2D eigenvalue weighted by Gasteiger charge is -2.16. The highest BCUT2D eigenvalue weighted by Crippen LogP contribution is 2.31. The van der Waals surface area contributed by atoms with E-state index >= 15 is 0 Å². The minimum atomic E-state index is 0.322. The summed E-state index contributed by atoms with van der Waals surface area (Å²) in [5, 5.41) is 1.23. The Kier molecular flexibility index (Phi) is 3.61. The molecule has 0 spiro atoms. The second-order valence-electron chi connectivity index (χ2n) is 5.36. The van der Waals surface area contributed by atoms with E-state index in [1.165, 1.54) is 16.5 Å². The van der Waals surface area contributed by atoms with Gasteiger partial charge in [0.2, 0.25) is 0 Å². The van der Waals surface area contributed by atoms with Gasteiger partial charge in [-0.25, -0.2) is 0 Å². The fourth-order valence-corrected chi connectivity index (χ4v) is 2.77. The number of aromatic nitrogens is 1. The van der Waals surface area contributed by atoms with E-state index in [2.05, 4.69) is 55.2 Å². The van der Waals surface area contributed by atoms with Gasteiger partial charge in [0.15, 0.2) is 0 Å². The maximum Gasteiger partial charge on any atom is 0.118 e. The first-order valence-corrected chi connectivity index (χ1v) is 7.19. The highest BCUT2D eigenvalue weighted by atomic mass is 16.5. The van der Waals surface area contributed by atoms with E-state index in [4.69, 9.17) is 4.74 Å². The lowest BCUT2D eigenvalue weighted by atomic mass is 9.90. The average Bonchev–Trinajstić information content (AvgIpc) is 2.53. The van der Waals surface area contributed by atoms with Gasteiger partial charge in [-0.2, -0.15) is 0 Å². The zero-order chi connectivity index (χ0) is 14.8. The van der Waals surface area contributed by atoms with Crippen LogP contribution in [0.15, 0.2) is 54.6 Å². The van der Waals surface area contributed by atoms with Crippen molar-refractivity contribution in [3.8, 4) is 5.75 Å². The van der Waals surface area contributed by atoms with E-state index in [9.17, 15) is 0 Å². The Labute approximate surface area is 125 Å². The first-order valence-electron chi connectivity index (χ1n) is 7.19. The van der Waals surface area contributed by atoms with Crippen molar-refractivity contribution in [2.24, 2.45) is 0 Å². The molecule has 0 radical (unpaired) electrons. The van der Waals surface area contributed by atoms with Crippen LogP contribution in [0.2, 0.25) is 0 Å². The predicted molar refractivity (Wildman–Crippen MR) is 87.0 cm³/mol. The van der Waals surface area contributed by atoms with E-state index in [1.807, 2.05) is 18.2 Å². The Hall–Kier alpha value is -2.35. The number of nitrogens with zero attached hydrogens (tertiary/aromatic N) is 1.